The minimum Gasteiger partial charge on any atom is -0.497 e. The van der Waals surface area contributed by atoms with Gasteiger partial charge in [0.05, 0.1) is 7.11 Å². The number of aryl methyl sites for hydroxylation is 1. The third-order valence-electron chi connectivity index (χ3n) is 3.00. The summed E-state index contributed by atoms with van der Waals surface area (Å²) in [5, 5.41) is 18.7. The molecule has 0 saturated carbocycles. The van der Waals surface area contributed by atoms with E-state index >= 15 is 0 Å². The van der Waals surface area contributed by atoms with Gasteiger partial charge in [0.1, 0.15) is 5.75 Å². The molecule has 0 radical (unpaired) electrons. The van der Waals surface area contributed by atoms with E-state index in [1.165, 1.54) is 17.6 Å². The van der Waals surface area contributed by atoms with Gasteiger partial charge in [0, 0.05) is 16.1 Å². The number of ether oxygens (including phenoxy) is 1. The maximum atomic E-state index is 9.34. The molecular formula is C15H17BO3S. The molecule has 20 heavy (non-hydrogen) atoms. The second-order valence-electron chi connectivity index (χ2n) is 4.55. The van der Waals surface area contributed by atoms with E-state index in [1.807, 2.05) is 6.07 Å². The zero-order valence-corrected chi connectivity index (χ0v) is 12.4. The number of benzene rings is 2. The van der Waals surface area contributed by atoms with E-state index in [1.54, 1.807) is 23.9 Å². The molecule has 2 aromatic rings. The molecule has 0 bridgehead atoms. The van der Waals surface area contributed by atoms with Crippen LogP contribution < -0.4 is 10.2 Å². The molecule has 2 rings (SSSR count). The van der Waals surface area contributed by atoms with Gasteiger partial charge in [-0.15, -0.1) is 11.8 Å². The predicted octanol–water partition coefficient (Wildman–Crippen LogP) is 1.98. The lowest BCUT2D eigenvalue weighted by molar-refractivity contribution is 0.403. The smallest absolute Gasteiger partial charge is 0.492 e. The summed E-state index contributed by atoms with van der Waals surface area (Å²) in [6, 6.07) is 13.8. The molecule has 2 N–H and O–H groups in total. The summed E-state index contributed by atoms with van der Waals surface area (Å²) < 4.78 is 5.11. The van der Waals surface area contributed by atoms with Crippen LogP contribution in [0.25, 0.3) is 0 Å². The lowest BCUT2D eigenvalue weighted by Gasteiger charge is -2.10. The lowest BCUT2D eigenvalue weighted by Crippen LogP contribution is -2.31. The van der Waals surface area contributed by atoms with Crippen molar-refractivity contribution in [3.05, 3.63) is 53.6 Å². The van der Waals surface area contributed by atoms with E-state index in [0.29, 0.717) is 11.2 Å². The van der Waals surface area contributed by atoms with E-state index in [9.17, 15) is 10.0 Å². The van der Waals surface area contributed by atoms with Crippen molar-refractivity contribution in [3.63, 3.8) is 0 Å². The molecule has 0 fully saturated rings. The Morgan fingerprint density at radius 3 is 2.40 bits per heavy atom. The standard InChI is InChI=1S/C15H17BO3S/c1-11-3-6-13(7-4-11)20-10-12-5-8-15(19-2)14(9-12)16(17)18/h3-9,17-18H,10H2,1-2H3. The molecule has 0 atom stereocenters. The highest BCUT2D eigenvalue weighted by atomic mass is 32.2. The molecule has 0 aliphatic heterocycles. The van der Waals surface area contributed by atoms with E-state index in [4.69, 9.17) is 4.74 Å². The first-order valence-corrected chi connectivity index (χ1v) is 7.31. The topological polar surface area (TPSA) is 49.7 Å². The summed E-state index contributed by atoms with van der Waals surface area (Å²) >= 11 is 1.71. The molecule has 0 aromatic heterocycles. The molecule has 3 nitrogen and oxygen atoms in total. The Kier molecular flexibility index (Phi) is 5.12. The Hall–Kier alpha value is -1.43. The van der Waals surface area contributed by atoms with Crippen LogP contribution in [0.2, 0.25) is 0 Å². The molecule has 104 valence electrons. The van der Waals surface area contributed by atoms with Gasteiger partial charge in [0.15, 0.2) is 0 Å². The van der Waals surface area contributed by atoms with Crippen molar-refractivity contribution in [2.24, 2.45) is 0 Å². The molecular weight excluding hydrogens is 271 g/mol. The summed E-state index contributed by atoms with van der Waals surface area (Å²) in [7, 11) is -0.00338. The van der Waals surface area contributed by atoms with Crippen LogP contribution in [0.3, 0.4) is 0 Å². The Morgan fingerprint density at radius 1 is 1.10 bits per heavy atom. The highest BCUT2D eigenvalue weighted by Gasteiger charge is 2.17. The molecule has 0 heterocycles. The van der Waals surface area contributed by atoms with Crippen molar-refractivity contribution in [1.82, 2.24) is 0 Å². The second kappa shape index (κ2) is 6.84. The van der Waals surface area contributed by atoms with Crippen LogP contribution in [0.15, 0.2) is 47.4 Å². The number of thioether (sulfide) groups is 1. The van der Waals surface area contributed by atoms with Crippen LogP contribution >= 0.6 is 11.8 Å². The van der Waals surface area contributed by atoms with Crippen molar-refractivity contribution >= 4 is 24.3 Å². The highest BCUT2D eigenvalue weighted by Crippen LogP contribution is 2.23. The number of hydrogen-bond acceptors (Lipinski definition) is 4. The van der Waals surface area contributed by atoms with E-state index in [2.05, 4.69) is 31.2 Å². The summed E-state index contributed by atoms with van der Waals surface area (Å²) in [6.07, 6.45) is 0. The maximum absolute atomic E-state index is 9.34. The largest absolute Gasteiger partial charge is 0.497 e. The van der Waals surface area contributed by atoms with Crippen LogP contribution in [-0.2, 0) is 5.75 Å². The fourth-order valence-electron chi connectivity index (χ4n) is 1.88. The Bertz CT molecular complexity index is 570. The molecule has 2 aromatic carbocycles. The quantitative estimate of drug-likeness (QED) is 0.652. The lowest BCUT2D eigenvalue weighted by atomic mass is 9.79. The number of hydrogen-bond donors (Lipinski definition) is 2. The third kappa shape index (κ3) is 3.79. The van der Waals surface area contributed by atoms with Gasteiger partial charge in [0.25, 0.3) is 0 Å². The molecule has 0 aliphatic carbocycles. The van der Waals surface area contributed by atoms with Crippen LogP contribution in [0.5, 0.6) is 5.75 Å². The average Bonchev–Trinajstić information content (AvgIpc) is 2.46. The summed E-state index contributed by atoms with van der Waals surface area (Å²) in [6.45, 7) is 2.06. The van der Waals surface area contributed by atoms with Crippen molar-refractivity contribution in [3.8, 4) is 5.75 Å². The molecule has 0 spiro atoms. The number of methoxy groups -OCH3 is 1. The monoisotopic (exact) mass is 288 g/mol. The Labute approximate surface area is 123 Å². The van der Waals surface area contributed by atoms with Gasteiger partial charge in [-0.25, -0.2) is 0 Å². The van der Waals surface area contributed by atoms with E-state index in [-0.39, 0.29) is 0 Å². The first-order chi connectivity index (χ1) is 9.60. The fraction of sp³-hybridized carbons (Fsp3) is 0.200. The van der Waals surface area contributed by atoms with Gasteiger partial charge >= 0.3 is 7.12 Å². The molecule has 0 amide bonds. The van der Waals surface area contributed by atoms with Crippen LogP contribution in [0.1, 0.15) is 11.1 Å². The first kappa shape index (κ1) is 15.0. The molecule has 0 aliphatic rings. The van der Waals surface area contributed by atoms with Crippen molar-refractivity contribution in [1.29, 1.82) is 0 Å². The zero-order chi connectivity index (χ0) is 14.5. The third-order valence-corrected chi connectivity index (χ3v) is 4.08. The highest BCUT2D eigenvalue weighted by molar-refractivity contribution is 7.98. The summed E-state index contributed by atoms with van der Waals surface area (Å²) in [5.41, 5.74) is 2.67. The first-order valence-electron chi connectivity index (χ1n) is 6.32. The van der Waals surface area contributed by atoms with Gasteiger partial charge in [-0.1, -0.05) is 29.8 Å². The minimum absolute atomic E-state index is 0.398. The van der Waals surface area contributed by atoms with Crippen LogP contribution in [-0.4, -0.2) is 24.3 Å². The zero-order valence-electron chi connectivity index (χ0n) is 11.5. The average molecular weight is 288 g/mol. The Balaban J connectivity index is 2.09. The van der Waals surface area contributed by atoms with Crippen molar-refractivity contribution in [2.45, 2.75) is 17.6 Å². The molecule has 0 unspecified atom stereocenters. The fourth-order valence-corrected chi connectivity index (χ4v) is 2.72. The van der Waals surface area contributed by atoms with Gasteiger partial charge in [-0.3, -0.25) is 0 Å². The van der Waals surface area contributed by atoms with E-state index < -0.39 is 7.12 Å². The van der Waals surface area contributed by atoms with E-state index in [0.717, 1.165) is 11.3 Å². The minimum atomic E-state index is -1.52. The molecule has 0 saturated heterocycles. The van der Waals surface area contributed by atoms with Crippen molar-refractivity contribution in [2.75, 3.05) is 7.11 Å². The second-order valence-corrected chi connectivity index (χ2v) is 5.60. The van der Waals surface area contributed by atoms with Crippen molar-refractivity contribution < 1.29 is 14.8 Å². The number of rotatable bonds is 5. The molecule has 5 heteroatoms. The SMILES string of the molecule is COc1ccc(CSc2ccc(C)cc2)cc1B(O)O. The Morgan fingerprint density at radius 2 is 1.80 bits per heavy atom. The van der Waals surface area contributed by atoms with Gasteiger partial charge < -0.3 is 14.8 Å². The summed E-state index contributed by atoms with van der Waals surface area (Å²) in [4.78, 5) is 1.19. The van der Waals surface area contributed by atoms with Crippen LogP contribution in [0, 0.1) is 6.92 Å². The maximum Gasteiger partial charge on any atom is 0.492 e. The van der Waals surface area contributed by atoms with Crippen LogP contribution in [0.4, 0.5) is 0 Å². The van der Waals surface area contributed by atoms with Gasteiger partial charge in [-0.2, -0.15) is 0 Å². The normalized spacial score (nSPS) is 10.4. The summed E-state index contributed by atoms with van der Waals surface area (Å²) in [5.74, 6) is 1.26. The predicted molar refractivity (Wildman–Crippen MR) is 83.6 cm³/mol. The van der Waals surface area contributed by atoms with Gasteiger partial charge in [-0.05, 0) is 30.7 Å². The van der Waals surface area contributed by atoms with Gasteiger partial charge in [0.2, 0.25) is 0 Å².